The number of aliphatic hydroxyl groups is 1. The summed E-state index contributed by atoms with van der Waals surface area (Å²) in [6, 6.07) is 0. The Labute approximate surface area is 139 Å². The highest BCUT2D eigenvalue weighted by molar-refractivity contribution is 5.86. The Morgan fingerprint density at radius 3 is 2.65 bits per heavy atom. The van der Waals surface area contributed by atoms with Gasteiger partial charge in [0.25, 0.3) is 0 Å². The number of methoxy groups -OCH3 is 1. The largest absolute Gasteiger partial charge is 0.477 e. The average molecular weight is 325 g/mol. The van der Waals surface area contributed by atoms with Crippen molar-refractivity contribution in [2.24, 2.45) is 5.92 Å². The molecule has 1 atom stereocenters. The molecular formula is C18H31NO4. The molecule has 0 aromatic heterocycles. The Hall–Kier alpha value is -1.07. The van der Waals surface area contributed by atoms with Crippen molar-refractivity contribution in [1.82, 2.24) is 4.90 Å². The van der Waals surface area contributed by atoms with E-state index < -0.39 is 11.9 Å². The molecule has 0 aromatic rings. The number of rotatable bonds is 8. The number of allylic oxidation sites excluding steroid dienone is 1. The van der Waals surface area contributed by atoms with Crippen molar-refractivity contribution < 1.29 is 19.7 Å². The smallest absolute Gasteiger partial charge is 0.351 e. The van der Waals surface area contributed by atoms with E-state index in [2.05, 4.69) is 0 Å². The van der Waals surface area contributed by atoms with Crippen LogP contribution in [0.25, 0.3) is 0 Å². The van der Waals surface area contributed by atoms with Gasteiger partial charge in [0, 0.05) is 20.1 Å². The van der Waals surface area contributed by atoms with Gasteiger partial charge < -0.3 is 19.8 Å². The van der Waals surface area contributed by atoms with Gasteiger partial charge in [0.1, 0.15) is 5.70 Å². The van der Waals surface area contributed by atoms with Gasteiger partial charge in [-0.25, -0.2) is 4.79 Å². The van der Waals surface area contributed by atoms with Crippen molar-refractivity contribution in [2.45, 2.75) is 76.5 Å². The van der Waals surface area contributed by atoms with E-state index in [1.165, 1.54) is 44.1 Å². The topological polar surface area (TPSA) is 70.0 Å². The lowest BCUT2D eigenvalue weighted by molar-refractivity contribution is -0.283. The molecule has 1 aliphatic heterocycles. The van der Waals surface area contributed by atoms with Gasteiger partial charge in [0.05, 0.1) is 0 Å². The Morgan fingerprint density at radius 2 is 2.00 bits per heavy atom. The highest BCUT2D eigenvalue weighted by atomic mass is 16.6. The van der Waals surface area contributed by atoms with Crippen LogP contribution in [0.4, 0.5) is 0 Å². The molecule has 2 aliphatic rings. The Bertz CT molecular complexity index is 417. The summed E-state index contributed by atoms with van der Waals surface area (Å²) in [7, 11) is 1.43. The fourth-order valence-electron chi connectivity index (χ4n) is 3.88. The number of carbonyl (C=O) groups is 1. The number of carboxylic acids is 1. The van der Waals surface area contributed by atoms with Crippen LogP contribution in [0.1, 0.15) is 70.6 Å². The monoisotopic (exact) mass is 325 g/mol. The SMILES string of the molecule is COC1(O)CCCCN1C(=CCCCCC1CCCC1)C(=O)O. The number of aliphatic carboxylic acids is 1. The fourth-order valence-corrected chi connectivity index (χ4v) is 3.88. The first-order chi connectivity index (χ1) is 11.1. The minimum atomic E-state index is -1.48. The molecule has 1 heterocycles. The summed E-state index contributed by atoms with van der Waals surface area (Å²) < 4.78 is 5.19. The van der Waals surface area contributed by atoms with Crippen LogP contribution in [-0.2, 0) is 9.53 Å². The van der Waals surface area contributed by atoms with Crippen LogP contribution in [0.5, 0.6) is 0 Å². The van der Waals surface area contributed by atoms with Gasteiger partial charge in [0.15, 0.2) is 0 Å². The minimum absolute atomic E-state index is 0.176. The van der Waals surface area contributed by atoms with E-state index in [4.69, 9.17) is 4.74 Å². The van der Waals surface area contributed by atoms with Crippen LogP contribution < -0.4 is 0 Å². The van der Waals surface area contributed by atoms with Crippen LogP contribution in [0.15, 0.2) is 11.8 Å². The van der Waals surface area contributed by atoms with Crippen LogP contribution in [-0.4, -0.2) is 40.6 Å². The molecule has 1 unspecified atom stereocenters. The lowest BCUT2D eigenvalue weighted by Crippen LogP contribution is -2.53. The van der Waals surface area contributed by atoms with Gasteiger partial charge >= 0.3 is 5.97 Å². The molecule has 0 amide bonds. The number of piperidine rings is 1. The fraction of sp³-hybridized carbons (Fsp3) is 0.833. The van der Waals surface area contributed by atoms with Crippen LogP contribution in [0.3, 0.4) is 0 Å². The quantitative estimate of drug-likeness (QED) is 0.406. The normalized spacial score (nSPS) is 26.7. The van der Waals surface area contributed by atoms with E-state index in [0.717, 1.165) is 38.0 Å². The number of hydrogen-bond acceptors (Lipinski definition) is 4. The maximum atomic E-state index is 11.6. The van der Waals surface area contributed by atoms with E-state index >= 15 is 0 Å². The van der Waals surface area contributed by atoms with Gasteiger partial charge in [-0.15, -0.1) is 0 Å². The third-order valence-electron chi connectivity index (χ3n) is 5.27. The second-order valence-electron chi connectivity index (χ2n) is 6.89. The molecule has 5 heteroatoms. The maximum Gasteiger partial charge on any atom is 0.351 e. The summed E-state index contributed by atoms with van der Waals surface area (Å²) in [6.45, 7) is 0.518. The summed E-state index contributed by atoms with van der Waals surface area (Å²) in [5.41, 5.74) is 0.176. The van der Waals surface area contributed by atoms with Crippen LogP contribution in [0, 0.1) is 5.92 Å². The van der Waals surface area contributed by atoms with E-state index in [1.54, 1.807) is 6.08 Å². The molecule has 2 rings (SSSR count). The van der Waals surface area contributed by atoms with Crippen LogP contribution in [0.2, 0.25) is 0 Å². The standard InChI is InChI=1S/C18H31NO4/c1-23-18(22)13-7-8-14-19(18)16(17(20)21)12-4-2-3-9-15-10-5-6-11-15/h12,15,22H,2-11,13-14H2,1H3,(H,20,21). The molecule has 0 aromatic carbocycles. The summed E-state index contributed by atoms with van der Waals surface area (Å²) in [5, 5.41) is 20.0. The average Bonchev–Trinajstić information content (AvgIpc) is 3.05. The number of ether oxygens (including phenoxy) is 1. The first-order valence-corrected chi connectivity index (χ1v) is 9.05. The predicted octanol–water partition coefficient (Wildman–Crippen LogP) is 3.48. The van der Waals surface area contributed by atoms with E-state index in [-0.39, 0.29) is 5.70 Å². The Morgan fingerprint density at radius 1 is 1.26 bits per heavy atom. The van der Waals surface area contributed by atoms with Gasteiger partial charge in [0.2, 0.25) is 5.91 Å². The van der Waals surface area contributed by atoms with Crippen molar-refractivity contribution in [3.8, 4) is 0 Å². The second-order valence-corrected chi connectivity index (χ2v) is 6.89. The van der Waals surface area contributed by atoms with E-state index in [9.17, 15) is 15.0 Å². The minimum Gasteiger partial charge on any atom is -0.477 e. The maximum absolute atomic E-state index is 11.6. The molecule has 5 nitrogen and oxygen atoms in total. The van der Waals surface area contributed by atoms with Crippen LogP contribution >= 0.6 is 0 Å². The van der Waals surface area contributed by atoms with Gasteiger partial charge in [-0.1, -0.05) is 44.6 Å². The van der Waals surface area contributed by atoms with Crippen molar-refractivity contribution in [3.05, 3.63) is 11.8 Å². The number of hydrogen-bond donors (Lipinski definition) is 2. The molecule has 2 N–H and O–H groups in total. The zero-order chi connectivity index (χ0) is 16.7. The summed E-state index contributed by atoms with van der Waals surface area (Å²) in [6.07, 6.45) is 13.6. The molecule has 1 aliphatic carbocycles. The first kappa shape index (κ1) is 18.3. The zero-order valence-electron chi connectivity index (χ0n) is 14.3. The molecule has 0 spiro atoms. The Kier molecular flexibility index (Phi) is 6.90. The molecule has 2 fully saturated rings. The van der Waals surface area contributed by atoms with Crippen molar-refractivity contribution >= 4 is 5.97 Å². The first-order valence-electron chi connectivity index (χ1n) is 9.05. The number of carboxylic acid groups (broad SMARTS) is 1. The molecule has 132 valence electrons. The van der Waals surface area contributed by atoms with Gasteiger partial charge in [-0.05, 0) is 31.6 Å². The molecular weight excluding hydrogens is 294 g/mol. The lowest BCUT2D eigenvalue weighted by atomic mass is 9.99. The Balaban J connectivity index is 1.87. The summed E-state index contributed by atoms with van der Waals surface area (Å²) in [5.74, 6) is -1.58. The number of unbranched alkanes of at least 4 members (excludes halogenated alkanes) is 2. The van der Waals surface area contributed by atoms with Crippen molar-refractivity contribution in [2.75, 3.05) is 13.7 Å². The molecule has 0 radical (unpaired) electrons. The highest BCUT2D eigenvalue weighted by Crippen LogP contribution is 2.31. The van der Waals surface area contributed by atoms with E-state index in [0.29, 0.717) is 13.0 Å². The lowest BCUT2D eigenvalue weighted by Gasteiger charge is -2.43. The second kappa shape index (κ2) is 8.69. The zero-order valence-corrected chi connectivity index (χ0v) is 14.3. The molecule has 1 saturated carbocycles. The summed E-state index contributed by atoms with van der Waals surface area (Å²) >= 11 is 0. The molecule has 1 saturated heterocycles. The van der Waals surface area contributed by atoms with Crippen molar-refractivity contribution in [1.29, 1.82) is 0 Å². The summed E-state index contributed by atoms with van der Waals surface area (Å²) in [4.78, 5) is 13.1. The highest BCUT2D eigenvalue weighted by Gasteiger charge is 2.40. The van der Waals surface area contributed by atoms with Crippen molar-refractivity contribution in [3.63, 3.8) is 0 Å². The number of likely N-dealkylation sites (tertiary alicyclic amines) is 1. The third-order valence-corrected chi connectivity index (χ3v) is 5.27. The van der Waals surface area contributed by atoms with Gasteiger partial charge in [-0.3, -0.25) is 0 Å². The van der Waals surface area contributed by atoms with Gasteiger partial charge in [-0.2, -0.15) is 0 Å². The number of nitrogens with zero attached hydrogens (tertiary/aromatic N) is 1. The molecule has 23 heavy (non-hydrogen) atoms. The van der Waals surface area contributed by atoms with E-state index in [1.807, 2.05) is 0 Å². The third kappa shape index (κ3) is 4.95. The molecule has 0 bridgehead atoms. The predicted molar refractivity (Wildman–Crippen MR) is 88.7 cm³/mol.